The van der Waals surface area contributed by atoms with Gasteiger partial charge in [0.2, 0.25) is 0 Å². The maximum atomic E-state index is 7.22. The molecule has 0 fully saturated rings. The molecule has 1 aliphatic carbocycles. The fourth-order valence-electron chi connectivity index (χ4n) is 12.5. The molecule has 2 nitrogen and oxygen atoms in total. The molecule has 2 heterocycles. The molecular formula is C73H64BNO. The average molecular weight is 982 g/mol. The number of fused-ring (bicyclic) bond motifs is 9. The summed E-state index contributed by atoms with van der Waals surface area (Å²) < 4.78 is 9.67. The molecule has 0 saturated carbocycles. The van der Waals surface area contributed by atoms with Gasteiger partial charge in [0.25, 0.3) is 0 Å². The third-order valence-electron chi connectivity index (χ3n) is 16.8. The minimum absolute atomic E-state index is 0.00885. The van der Waals surface area contributed by atoms with Crippen LogP contribution in [0.15, 0.2) is 218 Å². The minimum Gasteiger partial charge on any atom is -0.458 e. The number of hydrogen-bond acceptors (Lipinski definition) is 1. The van der Waals surface area contributed by atoms with Gasteiger partial charge in [0.15, 0.2) is 0 Å². The number of para-hydroxylation sites is 3. The van der Waals surface area contributed by atoms with Crippen molar-refractivity contribution in [1.29, 1.82) is 0 Å². The maximum absolute atomic E-state index is 7.22. The Morgan fingerprint density at radius 1 is 0.447 bits per heavy atom. The molecule has 2 aliphatic rings. The first-order valence-electron chi connectivity index (χ1n) is 27.4. The van der Waals surface area contributed by atoms with Gasteiger partial charge in [-0.3, -0.25) is 0 Å². The smallest absolute Gasteiger partial charge is 0.144 e. The van der Waals surface area contributed by atoms with E-state index in [1.807, 2.05) is 0 Å². The standard InChI is InChI=1S/C73H64BNO/c1-72(2,3)56-41-53(42-57(45-56)73(4,5)6)50-36-49(37-54(38-50)70-63-27-13-11-25-61(63)69(48-21-8-7-9-22-48)62-26-12-14-28-64(62)70)52-40-55-39-51-43-58(75-65-29-17-15-23-59(65)60-24-16-18-30-66(60)75)35-34-46(51)32-33-47-20-10-19-31-67(47)76-68(44-52)71(55)74/h7-31,34-38,40-41,43-45,57H,32-33,39,42,74H2,1-6H3. The fourth-order valence-corrected chi connectivity index (χ4v) is 12.5. The van der Waals surface area contributed by atoms with Gasteiger partial charge in [-0.15, -0.1) is 0 Å². The zero-order valence-electron chi connectivity index (χ0n) is 45.0. The topological polar surface area (TPSA) is 14.2 Å². The number of benzene rings is 10. The molecule has 1 atom stereocenters. The van der Waals surface area contributed by atoms with E-state index in [1.54, 1.807) is 0 Å². The summed E-state index contributed by atoms with van der Waals surface area (Å²) in [5.74, 6) is 2.21. The summed E-state index contributed by atoms with van der Waals surface area (Å²) >= 11 is 0. The van der Waals surface area contributed by atoms with Gasteiger partial charge in [0, 0.05) is 16.5 Å². The molecule has 13 rings (SSSR count). The summed E-state index contributed by atoms with van der Waals surface area (Å²) in [7, 11) is 2.26. The Balaban J connectivity index is 1.06. The van der Waals surface area contributed by atoms with Crippen LogP contribution in [-0.2, 0) is 19.3 Å². The van der Waals surface area contributed by atoms with Crippen LogP contribution in [0.4, 0.5) is 0 Å². The lowest BCUT2D eigenvalue weighted by atomic mass is 9.69. The molecule has 0 amide bonds. The van der Waals surface area contributed by atoms with Crippen molar-refractivity contribution in [3.05, 3.63) is 246 Å². The summed E-state index contributed by atoms with van der Waals surface area (Å²) in [4.78, 5) is 0. The third-order valence-corrected chi connectivity index (χ3v) is 16.8. The van der Waals surface area contributed by atoms with Crippen molar-refractivity contribution in [2.45, 2.75) is 67.2 Å². The molecule has 0 N–H and O–H groups in total. The van der Waals surface area contributed by atoms with Crippen molar-refractivity contribution in [1.82, 2.24) is 4.57 Å². The van der Waals surface area contributed by atoms with Gasteiger partial charge in [-0.1, -0.05) is 199 Å². The van der Waals surface area contributed by atoms with Crippen LogP contribution in [0.3, 0.4) is 0 Å². The molecule has 0 spiro atoms. The second kappa shape index (κ2) is 18.6. The van der Waals surface area contributed by atoms with Gasteiger partial charge in [0.1, 0.15) is 19.3 Å². The zero-order chi connectivity index (χ0) is 51.9. The normalized spacial score (nSPS) is 14.9. The number of rotatable bonds is 5. The highest BCUT2D eigenvalue weighted by Crippen LogP contribution is 2.48. The van der Waals surface area contributed by atoms with Gasteiger partial charge in [-0.05, 0) is 196 Å². The number of nitrogens with zero attached hydrogens (tertiary/aromatic N) is 1. The first-order valence-corrected chi connectivity index (χ1v) is 27.4. The van der Waals surface area contributed by atoms with Gasteiger partial charge >= 0.3 is 0 Å². The van der Waals surface area contributed by atoms with Crippen LogP contribution in [0.1, 0.15) is 75.8 Å². The molecule has 2 bridgehead atoms. The van der Waals surface area contributed by atoms with Gasteiger partial charge in [-0.25, -0.2) is 0 Å². The van der Waals surface area contributed by atoms with E-state index in [9.17, 15) is 0 Å². The van der Waals surface area contributed by atoms with Crippen LogP contribution in [0.25, 0.3) is 88.0 Å². The van der Waals surface area contributed by atoms with Crippen LogP contribution in [-0.4, -0.2) is 12.4 Å². The van der Waals surface area contributed by atoms with Crippen LogP contribution in [0, 0.1) is 16.7 Å². The monoisotopic (exact) mass is 982 g/mol. The molecule has 76 heavy (non-hydrogen) atoms. The van der Waals surface area contributed by atoms with Crippen LogP contribution in [0.5, 0.6) is 11.5 Å². The van der Waals surface area contributed by atoms with E-state index < -0.39 is 0 Å². The van der Waals surface area contributed by atoms with Gasteiger partial charge < -0.3 is 9.30 Å². The SMILES string of the molecule is Bc1c2cc(-c3cc(C4=CC(C(C)(C)C)=CC(C(C)(C)C)C4)cc(-c4c5ccccc5c(-c5ccccc5)c5ccccc45)c3)cc1Oc1ccccc1CCc1ccc(-n3c4ccccc4c4ccccc43)cc1C2. The maximum Gasteiger partial charge on any atom is 0.144 e. The number of ether oxygens (including phenoxy) is 1. The van der Waals surface area contributed by atoms with E-state index >= 15 is 0 Å². The Bertz CT molecular complexity index is 4060. The van der Waals surface area contributed by atoms with Crippen LogP contribution >= 0.6 is 0 Å². The Hall–Kier alpha value is -8.14. The van der Waals surface area contributed by atoms with Crippen molar-refractivity contribution >= 4 is 62.2 Å². The molecule has 370 valence electrons. The van der Waals surface area contributed by atoms with E-state index in [1.165, 1.54) is 121 Å². The second-order valence-corrected chi connectivity index (χ2v) is 23.7. The number of allylic oxidation sites excluding steroid dienone is 4. The predicted octanol–water partition coefficient (Wildman–Crippen LogP) is 18.3. The molecule has 0 saturated heterocycles. The summed E-state index contributed by atoms with van der Waals surface area (Å²) in [6.07, 6.45) is 8.63. The third kappa shape index (κ3) is 8.47. The Labute approximate surface area is 449 Å². The lowest BCUT2D eigenvalue weighted by molar-refractivity contribution is 0.292. The molecule has 1 aliphatic heterocycles. The summed E-state index contributed by atoms with van der Waals surface area (Å²) in [5.41, 5.74) is 21.5. The zero-order valence-corrected chi connectivity index (χ0v) is 45.0. The molecule has 10 aromatic carbocycles. The van der Waals surface area contributed by atoms with Crippen LogP contribution < -0.4 is 10.2 Å². The Morgan fingerprint density at radius 3 is 1.63 bits per heavy atom. The van der Waals surface area contributed by atoms with Crippen molar-refractivity contribution in [2.75, 3.05) is 0 Å². The Kier molecular flexibility index (Phi) is 11.6. The highest BCUT2D eigenvalue weighted by molar-refractivity contribution is 6.35. The lowest BCUT2D eigenvalue weighted by Crippen LogP contribution is -2.23. The molecule has 1 aromatic heterocycles. The fraction of sp³-hybridized carbons (Fsp3) is 0.178. The number of aryl methyl sites for hydroxylation is 2. The van der Waals surface area contributed by atoms with Crippen molar-refractivity contribution < 1.29 is 4.74 Å². The quantitative estimate of drug-likeness (QED) is 0.124. The number of hydrogen-bond donors (Lipinski definition) is 0. The predicted molar refractivity (Wildman–Crippen MR) is 327 cm³/mol. The van der Waals surface area contributed by atoms with E-state index in [4.69, 9.17) is 4.74 Å². The average Bonchev–Trinajstić information content (AvgIpc) is 3.76. The second-order valence-electron chi connectivity index (χ2n) is 23.7. The largest absolute Gasteiger partial charge is 0.458 e. The molecule has 1 unspecified atom stereocenters. The van der Waals surface area contributed by atoms with E-state index in [-0.39, 0.29) is 10.8 Å². The van der Waals surface area contributed by atoms with Crippen molar-refractivity contribution in [2.24, 2.45) is 16.7 Å². The Morgan fingerprint density at radius 2 is 0.987 bits per heavy atom. The molecule has 0 radical (unpaired) electrons. The molecule has 3 heteroatoms. The molecule has 11 aromatic rings. The lowest BCUT2D eigenvalue weighted by Gasteiger charge is -2.36. The highest BCUT2D eigenvalue weighted by Gasteiger charge is 2.31. The summed E-state index contributed by atoms with van der Waals surface area (Å²) in [5, 5.41) is 7.57. The first-order chi connectivity index (χ1) is 36.8. The van der Waals surface area contributed by atoms with E-state index in [0.717, 1.165) is 42.7 Å². The van der Waals surface area contributed by atoms with Crippen molar-refractivity contribution in [3.63, 3.8) is 0 Å². The summed E-state index contributed by atoms with van der Waals surface area (Å²) in [6, 6.07) is 74.9. The molecular weight excluding hydrogens is 918 g/mol. The highest BCUT2D eigenvalue weighted by atomic mass is 16.5. The summed E-state index contributed by atoms with van der Waals surface area (Å²) in [6.45, 7) is 14.3. The van der Waals surface area contributed by atoms with Crippen molar-refractivity contribution in [3.8, 4) is 50.6 Å². The van der Waals surface area contributed by atoms with Crippen LogP contribution in [0.2, 0.25) is 0 Å². The van der Waals surface area contributed by atoms with Gasteiger partial charge in [-0.2, -0.15) is 0 Å². The van der Waals surface area contributed by atoms with E-state index in [0.29, 0.717) is 5.92 Å². The first kappa shape index (κ1) is 47.6. The van der Waals surface area contributed by atoms with Gasteiger partial charge in [0.05, 0.1) is 11.0 Å². The minimum atomic E-state index is -0.00885. The number of aromatic nitrogens is 1. The van der Waals surface area contributed by atoms with E-state index in [2.05, 4.69) is 266 Å².